The van der Waals surface area contributed by atoms with Gasteiger partial charge in [-0.15, -0.1) is 0 Å². The number of fused-ring (bicyclic) bond motifs is 9. The number of aryl methyl sites for hydroxylation is 9. The first-order valence-corrected chi connectivity index (χ1v) is 35.0. The molecule has 3 aliphatic rings. The van der Waals surface area contributed by atoms with Crippen LogP contribution in [0.25, 0.3) is 33.4 Å². The fourth-order valence-electron chi connectivity index (χ4n) is 12.2. The quantitative estimate of drug-likeness (QED) is 0.0772. The van der Waals surface area contributed by atoms with Gasteiger partial charge in [-0.3, -0.25) is 0 Å². The van der Waals surface area contributed by atoms with E-state index in [0.29, 0.717) is 13.4 Å². The van der Waals surface area contributed by atoms with Gasteiger partial charge >= 0.3 is 7.69 Å². The number of hydrogen-bond acceptors (Lipinski definition) is 2. The van der Waals surface area contributed by atoms with Crippen molar-refractivity contribution in [1.82, 2.24) is 0 Å². The average Bonchev–Trinajstić information content (AvgIpc) is 2.35. The predicted octanol–water partition coefficient (Wildman–Crippen LogP) is 25.5. The molecular weight excluding hydrogens is 1390 g/mol. The lowest BCUT2D eigenvalue weighted by Crippen LogP contribution is -2.25. The molecule has 8 aromatic carbocycles. The van der Waals surface area contributed by atoms with E-state index in [9.17, 15) is 0 Å². The van der Waals surface area contributed by atoms with Gasteiger partial charge in [-0.2, -0.15) is 0 Å². The van der Waals surface area contributed by atoms with Gasteiger partial charge in [-0.25, -0.2) is 0 Å². The molecule has 0 spiro atoms. The van der Waals surface area contributed by atoms with Crippen molar-refractivity contribution in [3.63, 3.8) is 0 Å². The smallest absolute Gasteiger partial charge is 0.537 e. The van der Waals surface area contributed by atoms with Crippen LogP contribution in [0, 0.1) is 62.3 Å². The lowest BCUT2D eigenvalue weighted by Gasteiger charge is -2.33. The number of benzene rings is 8. The highest BCUT2D eigenvalue weighted by Crippen LogP contribution is 2.56. The van der Waals surface area contributed by atoms with Crippen molar-refractivity contribution >= 4 is 98.9 Å². The Balaban J connectivity index is 0.000000166. The van der Waals surface area contributed by atoms with Crippen LogP contribution in [0.5, 0.6) is 5.75 Å². The SMILES string of the molecule is CCCCCCCCC1(CCCCCCCC)c2cc(Br)c(C)cc2-c2cc(C)c(Br)cc21.Cc1cc2c(cc1Br)Cc1cc(Br)c(C)cc1-2.Cc1ccc(C)c(O[B]O)c1.Cc1ccc(Cl)c(Br)c1.Cc1ccc2c(c1)-c1cc(C)ccc1C2. The van der Waals surface area contributed by atoms with Crippen LogP contribution in [-0.2, 0) is 18.3 Å². The second-order valence-corrected chi connectivity index (χ2v) is 28.7. The van der Waals surface area contributed by atoms with E-state index in [1.54, 1.807) is 11.1 Å². The third-order valence-electron chi connectivity index (χ3n) is 17.1. The minimum atomic E-state index is 0.159. The highest BCUT2D eigenvalue weighted by atomic mass is 79.9. The third-order valence-corrected chi connectivity index (χ3v) is 21.7. The molecule has 447 valence electrons. The molecule has 2 nitrogen and oxygen atoms in total. The molecule has 8 aromatic rings. The van der Waals surface area contributed by atoms with Crippen molar-refractivity contribution < 1.29 is 9.68 Å². The number of hydrogen-bond donors (Lipinski definition) is 1. The van der Waals surface area contributed by atoms with Crippen molar-refractivity contribution in [1.29, 1.82) is 0 Å². The Morgan fingerprint density at radius 2 is 0.753 bits per heavy atom. The monoisotopic (exact) mass is 1470 g/mol. The summed E-state index contributed by atoms with van der Waals surface area (Å²) < 4.78 is 10.8. The van der Waals surface area contributed by atoms with Gasteiger partial charge in [0, 0.05) is 27.8 Å². The van der Waals surface area contributed by atoms with Crippen molar-refractivity contribution in [2.45, 2.75) is 184 Å². The maximum absolute atomic E-state index is 8.39. The largest absolute Gasteiger partial charge is 0.569 e. The highest BCUT2D eigenvalue weighted by Gasteiger charge is 2.43. The zero-order valence-corrected chi connectivity index (χ0v) is 60.7. The van der Waals surface area contributed by atoms with Crippen LogP contribution in [0.4, 0.5) is 0 Å². The van der Waals surface area contributed by atoms with E-state index in [0.717, 1.165) is 33.5 Å². The van der Waals surface area contributed by atoms with Crippen LogP contribution < -0.4 is 4.65 Å². The van der Waals surface area contributed by atoms with Crippen LogP contribution in [0.3, 0.4) is 0 Å². The van der Waals surface area contributed by atoms with Gasteiger partial charge < -0.3 is 9.68 Å². The van der Waals surface area contributed by atoms with Crippen LogP contribution >= 0.6 is 91.3 Å². The average molecular weight is 1480 g/mol. The summed E-state index contributed by atoms with van der Waals surface area (Å²) in [5.74, 6) is 0.701. The normalized spacial score (nSPS) is 12.3. The molecule has 0 aromatic heterocycles. The Kier molecular flexibility index (Phi) is 26.4. The third kappa shape index (κ3) is 18.0. The summed E-state index contributed by atoms with van der Waals surface area (Å²) in [6.07, 6.45) is 21.1. The zero-order chi connectivity index (χ0) is 61.5. The Bertz CT molecular complexity index is 3410. The van der Waals surface area contributed by atoms with Crippen LogP contribution in [0.2, 0.25) is 5.02 Å². The fraction of sp³-hybridized carbons (Fsp3) is 0.368. The molecule has 11 rings (SSSR count). The van der Waals surface area contributed by atoms with Gasteiger partial charge in [0.1, 0.15) is 5.75 Å². The van der Waals surface area contributed by atoms with Crippen molar-refractivity contribution in [3.8, 4) is 39.1 Å². The van der Waals surface area contributed by atoms with Gasteiger partial charge in [-0.1, -0.05) is 244 Å². The van der Waals surface area contributed by atoms with Gasteiger partial charge in [0.25, 0.3) is 0 Å². The first-order valence-electron chi connectivity index (χ1n) is 30.7. The van der Waals surface area contributed by atoms with Crippen molar-refractivity contribution in [3.05, 3.63) is 232 Å². The van der Waals surface area contributed by atoms with E-state index >= 15 is 0 Å². The molecule has 0 aliphatic heterocycles. The minimum absolute atomic E-state index is 0.159. The zero-order valence-electron chi connectivity index (χ0n) is 52.1. The molecule has 1 N–H and O–H groups in total. The molecule has 0 saturated heterocycles. The molecular formula is C76H86BBr5ClO2. The van der Waals surface area contributed by atoms with Crippen LogP contribution in [0.1, 0.15) is 187 Å². The topological polar surface area (TPSA) is 29.5 Å². The van der Waals surface area contributed by atoms with Gasteiger partial charge in [-0.05, 0) is 264 Å². The number of rotatable bonds is 16. The van der Waals surface area contributed by atoms with E-state index in [4.69, 9.17) is 21.3 Å². The van der Waals surface area contributed by atoms with Crippen LogP contribution in [-0.4, -0.2) is 12.7 Å². The first kappa shape index (κ1) is 68.8. The molecule has 9 heteroatoms. The van der Waals surface area contributed by atoms with Gasteiger partial charge in [0.2, 0.25) is 0 Å². The fourth-order valence-corrected chi connectivity index (χ4v) is 14.2. The maximum Gasteiger partial charge on any atom is 0.569 e. The van der Waals surface area contributed by atoms with Gasteiger partial charge in [0.15, 0.2) is 0 Å². The summed E-state index contributed by atoms with van der Waals surface area (Å²) >= 11 is 24.0. The molecule has 0 fully saturated rings. The lowest BCUT2D eigenvalue weighted by molar-refractivity contribution is 0.397. The second-order valence-electron chi connectivity index (χ2n) is 24.0. The Labute approximate surface area is 559 Å². The number of halogens is 6. The predicted molar refractivity (Wildman–Crippen MR) is 386 cm³/mol. The summed E-state index contributed by atoms with van der Waals surface area (Å²) in [7, 11) is 0.696. The number of unbranched alkanes of at least 4 members (excludes halogenated alkanes) is 10. The molecule has 0 unspecified atom stereocenters. The first-order chi connectivity index (χ1) is 40.7. The van der Waals surface area contributed by atoms with Gasteiger partial charge in [0.05, 0.1) is 5.02 Å². The second kappa shape index (κ2) is 32.7. The standard InChI is InChI=1S/C31H44Br2.C15H12Br2.C15H14.C8H10BO2.C7H6BrCl/c1-5-7-9-11-13-15-17-31(18-16-14-12-10-8-6-2)27-21-29(32)23(3)19-25(27)26-20-24(4)30(33)22-28(26)31;1-8-3-12-10(6-14(8)16)5-11-7-15(17)9(2)4-13(11)12;1-10-3-5-12-9-13-6-4-11(2)8-15(13)14(12)7-10;1-6-3-4-7(2)8(5-6)11-9-10;1-5-2-3-7(9)6(8)4-5/h19-22H,5-18H2,1-4H3;3-4,6-7H,5H2,1-2H3;3-8H,9H2,1-2H3;3-5,10H,1-2H3;2-4H,1H3. The summed E-state index contributed by atoms with van der Waals surface area (Å²) in [5.41, 5.74) is 29.1. The van der Waals surface area contributed by atoms with E-state index in [1.807, 2.05) is 57.2 Å². The molecule has 0 bridgehead atoms. The molecule has 1 radical (unpaired) electrons. The summed E-state index contributed by atoms with van der Waals surface area (Å²) in [5, 5.41) is 9.15. The molecule has 0 amide bonds. The summed E-state index contributed by atoms with van der Waals surface area (Å²) in [4.78, 5) is 0. The molecule has 0 atom stereocenters. The molecule has 0 saturated carbocycles. The summed E-state index contributed by atoms with van der Waals surface area (Å²) in [6.45, 7) is 23.6. The van der Waals surface area contributed by atoms with Crippen LogP contribution in [0.15, 0.2) is 144 Å². The lowest BCUT2D eigenvalue weighted by atomic mass is 9.70. The maximum atomic E-state index is 8.39. The highest BCUT2D eigenvalue weighted by molar-refractivity contribution is 9.11. The van der Waals surface area contributed by atoms with Crippen molar-refractivity contribution in [2.75, 3.05) is 0 Å². The molecule has 0 heterocycles. The van der Waals surface area contributed by atoms with E-state index < -0.39 is 0 Å². The Morgan fingerprint density at radius 3 is 1.19 bits per heavy atom. The molecule has 85 heavy (non-hydrogen) atoms. The summed E-state index contributed by atoms with van der Waals surface area (Å²) in [6, 6.07) is 44.2. The Hall–Kier alpha value is -3.73. The van der Waals surface area contributed by atoms with E-state index in [2.05, 4.69) is 220 Å². The van der Waals surface area contributed by atoms with Crippen molar-refractivity contribution in [2.24, 2.45) is 0 Å². The van der Waals surface area contributed by atoms with E-state index in [1.165, 1.54) is 202 Å². The minimum Gasteiger partial charge on any atom is -0.537 e. The Morgan fingerprint density at radius 1 is 0.388 bits per heavy atom. The van der Waals surface area contributed by atoms with E-state index in [-0.39, 0.29) is 5.41 Å². The molecule has 3 aliphatic carbocycles.